The van der Waals surface area contributed by atoms with Gasteiger partial charge in [-0.1, -0.05) is 12.1 Å². The highest BCUT2D eigenvalue weighted by Crippen LogP contribution is 2.14. The van der Waals surface area contributed by atoms with Crippen LogP contribution in [-0.2, 0) is 16.0 Å². The average Bonchev–Trinajstić information content (AvgIpc) is 2.54. The summed E-state index contributed by atoms with van der Waals surface area (Å²) in [4.78, 5) is 16.1. The summed E-state index contributed by atoms with van der Waals surface area (Å²) in [6.45, 7) is 0. The van der Waals surface area contributed by atoms with Crippen LogP contribution in [0.3, 0.4) is 0 Å². The van der Waals surface area contributed by atoms with E-state index >= 15 is 0 Å². The van der Waals surface area contributed by atoms with Crippen LogP contribution < -0.4 is 0 Å². The van der Waals surface area contributed by atoms with Gasteiger partial charge in [-0.3, -0.25) is 4.99 Å². The number of hydrogen-bond acceptors (Lipinski definition) is 5. The first-order valence-electron chi connectivity index (χ1n) is 6.76. The van der Waals surface area contributed by atoms with E-state index in [0.717, 1.165) is 11.1 Å². The van der Waals surface area contributed by atoms with Gasteiger partial charge in [0.25, 0.3) is 0 Å². The van der Waals surface area contributed by atoms with Gasteiger partial charge in [0, 0.05) is 12.6 Å². The van der Waals surface area contributed by atoms with E-state index in [4.69, 9.17) is 4.74 Å². The van der Waals surface area contributed by atoms with E-state index in [-0.39, 0.29) is 11.5 Å². The second kappa shape index (κ2) is 7.26. The maximum atomic E-state index is 11.8. The minimum absolute atomic E-state index is 0.172. The Labute approximate surface area is 128 Å². The number of methoxy groups -OCH3 is 1. The molecule has 0 saturated carbocycles. The Morgan fingerprint density at radius 1 is 1.09 bits per heavy atom. The summed E-state index contributed by atoms with van der Waals surface area (Å²) >= 11 is 0. The van der Waals surface area contributed by atoms with Crippen LogP contribution in [0.1, 0.15) is 11.1 Å². The second-order valence-corrected chi connectivity index (χ2v) is 4.78. The van der Waals surface area contributed by atoms with Gasteiger partial charge in [-0.2, -0.15) is 0 Å². The summed E-state index contributed by atoms with van der Waals surface area (Å²) in [5.41, 5.74) is 1.65. The molecule has 22 heavy (non-hydrogen) atoms. The van der Waals surface area contributed by atoms with Crippen molar-refractivity contribution in [2.24, 2.45) is 4.99 Å². The fraction of sp³-hybridized carbons (Fsp3) is 0.176. The minimum Gasteiger partial charge on any atom is -0.508 e. The monoisotopic (exact) mass is 299 g/mol. The highest BCUT2D eigenvalue weighted by Gasteiger charge is 2.18. The molecule has 2 aromatic rings. The molecule has 2 rings (SSSR count). The first kappa shape index (κ1) is 15.6. The number of carbonyl (C=O) groups is 1. The van der Waals surface area contributed by atoms with Gasteiger partial charge in [-0.05, 0) is 47.5 Å². The molecular formula is C17H17NO4. The summed E-state index contributed by atoms with van der Waals surface area (Å²) in [6, 6.07) is 12.4. The molecule has 0 unspecified atom stereocenters. The van der Waals surface area contributed by atoms with Crippen LogP contribution in [0, 0.1) is 0 Å². The normalized spacial score (nSPS) is 12.2. The minimum atomic E-state index is -0.664. The Morgan fingerprint density at radius 2 is 1.64 bits per heavy atom. The van der Waals surface area contributed by atoms with Crippen molar-refractivity contribution in [3.63, 3.8) is 0 Å². The van der Waals surface area contributed by atoms with E-state index in [0.29, 0.717) is 6.42 Å². The smallest absolute Gasteiger partial charge is 0.330 e. The van der Waals surface area contributed by atoms with Crippen molar-refractivity contribution in [2.75, 3.05) is 7.11 Å². The lowest BCUT2D eigenvalue weighted by Crippen LogP contribution is -2.23. The number of benzene rings is 2. The van der Waals surface area contributed by atoms with Crippen molar-refractivity contribution < 1.29 is 19.7 Å². The lowest BCUT2D eigenvalue weighted by atomic mass is 10.1. The number of aromatic hydroxyl groups is 2. The van der Waals surface area contributed by atoms with Crippen LogP contribution in [-0.4, -0.2) is 35.5 Å². The molecule has 0 bridgehead atoms. The van der Waals surface area contributed by atoms with Crippen molar-refractivity contribution in [2.45, 2.75) is 12.5 Å². The van der Waals surface area contributed by atoms with Crippen LogP contribution in [0.2, 0.25) is 0 Å². The molecule has 0 spiro atoms. The maximum absolute atomic E-state index is 11.8. The summed E-state index contributed by atoms with van der Waals surface area (Å²) in [5, 5.41) is 18.5. The third-order valence-electron chi connectivity index (χ3n) is 3.14. The van der Waals surface area contributed by atoms with Gasteiger partial charge in [0.2, 0.25) is 0 Å². The molecule has 0 aromatic heterocycles. The fourth-order valence-electron chi connectivity index (χ4n) is 1.92. The maximum Gasteiger partial charge on any atom is 0.330 e. The Bertz CT molecular complexity index is 647. The van der Waals surface area contributed by atoms with Crippen molar-refractivity contribution in [3.05, 3.63) is 59.7 Å². The van der Waals surface area contributed by atoms with Crippen LogP contribution in [0.5, 0.6) is 11.5 Å². The molecule has 0 aliphatic heterocycles. The largest absolute Gasteiger partial charge is 0.508 e. The number of esters is 1. The zero-order valence-electron chi connectivity index (χ0n) is 12.1. The topological polar surface area (TPSA) is 79.1 Å². The van der Waals surface area contributed by atoms with Crippen molar-refractivity contribution >= 4 is 12.2 Å². The summed E-state index contributed by atoms with van der Waals surface area (Å²) in [7, 11) is 1.32. The van der Waals surface area contributed by atoms with Crippen molar-refractivity contribution in [3.8, 4) is 11.5 Å². The van der Waals surface area contributed by atoms with E-state index in [2.05, 4.69) is 4.99 Å². The van der Waals surface area contributed by atoms with E-state index < -0.39 is 12.0 Å². The second-order valence-electron chi connectivity index (χ2n) is 4.78. The lowest BCUT2D eigenvalue weighted by molar-refractivity contribution is -0.142. The number of rotatable bonds is 5. The highest BCUT2D eigenvalue weighted by molar-refractivity contribution is 5.84. The van der Waals surface area contributed by atoms with Gasteiger partial charge < -0.3 is 14.9 Å². The summed E-state index contributed by atoms with van der Waals surface area (Å²) < 4.78 is 4.77. The van der Waals surface area contributed by atoms with Crippen LogP contribution in [0.4, 0.5) is 0 Å². The van der Waals surface area contributed by atoms with Crippen molar-refractivity contribution in [1.82, 2.24) is 0 Å². The molecule has 2 N–H and O–H groups in total. The molecule has 5 nitrogen and oxygen atoms in total. The summed E-state index contributed by atoms with van der Waals surface area (Å²) in [6.07, 6.45) is 1.95. The quantitative estimate of drug-likeness (QED) is 0.656. The van der Waals surface area contributed by atoms with Crippen molar-refractivity contribution in [1.29, 1.82) is 0 Å². The zero-order valence-corrected chi connectivity index (χ0v) is 12.1. The molecule has 0 saturated heterocycles. The number of carbonyl (C=O) groups excluding carboxylic acids is 1. The Hall–Kier alpha value is -2.82. The number of phenolic OH excluding ortho intramolecular Hbond substituents is 2. The molecule has 1 atom stereocenters. The predicted octanol–water partition coefficient (Wildman–Crippen LogP) is 2.30. The van der Waals surface area contributed by atoms with Gasteiger partial charge in [0.05, 0.1) is 7.11 Å². The Balaban J connectivity index is 2.13. The molecule has 5 heteroatoms. The molecule has 114 valence electrons. The summed E-state index contributed by atoms with van der Waals surface area (Å²) in [5.74, 6) is -0.0835. The molecule has 0 fully saturated rings. The van der Waals surface area contributed by atoms with E-state index in [1.165, 1.54) is 7.11 Å². The van der Waals surface area contributed by atoms with Crippen LogP contribution >= 0.6 is 0 Å². The number of phenols is 2. The number of hydrogen-bond donors (Lipinski definition) is 2. The predicted molar refractivity (Wildman–Crippen MR) is 83.3 cm³/mol. The van der Waals surface area contributed by atoms with Gasteiger partial charge >= 0.3 is 5.97 Å². The van der Waals surface area contributed by atoms with Gasteiger partial charge in [-0.15, -0.1) is 0 Å². The van der Waals surface area contributed by atoms with E-state index in [9.17, 15) is 15.0 Å². The fourth-order valence-corrected chi connectivity index (χ4v) is 1.92. The lowest BCUT2D eigenvalue weighted by Gasteiger charge is -2.10. The van der Waals surface area contributed by atoms with Crippen LogP contribution in [0.15, 0.2) is 53.5 Å². The molecule has 0 amide bonds. The molecular weight excluding hydrogens is 282 g/mol. The average molecular weight is 299 g/mol. The molecule has 0 radical (unpaired) electrons. The standard InChI is InChI=1S/C17H17NO4/c1-22-17(21)16(10-12-2-6-14(19)7-3-12)18-11-13-4-8-15(20)9-5-13/h2-9,11,16,19-20H,10H2,1H3/t16-/m0/s1. The number of ether oxygens (including phenoxy) is 1. The highest BCUT2D eigenvalue weighted by atomic mass is 16.5. The first-order valence-corrected chi connectivity index (χ1v) is 6.76. The van der Waals surface area contributed by atoms with E-state index in [1.807, 2.05) is 0 Å². The molecule has 0 heterocycles. The SMILES string of the molecule is COC(=O)[C@H](Cc1ccc(O)cc1)N=Cc1ccc(O)cc1. The van der Waals surface area contributed by atoms with Gasteiger partial charge in [-0.25, -0.2) is 4.79 Å². The van der Waals surface area contributed by atoms with E-state index in [1.54, 1.807) is 54.7 Å². The van der Waals surface area contributed by atoms with Crippen LogP contribution in [0.25, 0.3) is 0 Å². The van der Waals surface area contributed by atoms with Gasteiger partial charge in [0.15, 0.2) is 6.04 Å². The molecule has 0 aliphatic rings. The zero-order chi connectivity index (χ0) is 15.9. The Kier molecular flexibility index (Phi) is 5.14. The third-order valence-corrected chi connectivity index (χ3v) is 3.14. The number of nitrogens with zero attached hydrogens (tertiary/aromatic N) is 1. The van der Waals surface area contributed by atoms with Gasteiger partial charge in [0.1, 0.15) is 11.5 Å². The molecule has 0 aliphatic carbocycles. The third kappa shape index (κ3) is 4.34. The Morgan fingerprint density at radius 3 is 2.18 bits per heavy atom. The molecule has 2 aromatic carbocycles. The number of aliphatic imine (C=N–C) groups is 1. The first-order chi connectivity index (χ1) is 10.6.